The average Bonchev–Trinajstić information content (AvgIpc) is 2.84. The van der Waals surface area contributed by atoms with Crippen molar-refractivity contribution in [3.05, 3.63) is 59.3 Å². The zero-order chi connectivity index (χ0) is 21.6. The molecule has 4 rings (SSSR count). The molecule has 164 valence electrons. The summed E-state index contributed by atoms with van der Waals surface area (Å²) in [7, 11) is 0. The van der Waals surface area contributed by atoms with E-state index >= 15 is 0 Å². The third-order valence-corrected chi connectivity index (χ3v) is 7.26. The highest BCUT2D eigenvalue weighted by Crippen LogP contribution is 2.36. The minimum absolute atomic E-state index is 0.319. The van der Waals surface area contributed by atoms with Crippen LogP contribution in [0, 0.1) is 17.8 Å². The summed E-state index contributed by atoms with van der Waals surface area (Å²) < 4.78 is 0. The number of nitrogens with zero attached hydrogens (tertiary/aromatic N) is 2. The van der Waals surface area contributed by atoms with E-state index in [0.717, 1.165) is 62.2 Å². The van der Waals surface area contributed by atoms with Gasteiger partial charge in [0.05, 0.1) is 0 Å². The zero-order valence-electron chi connectivity index (χ0n) is 18.1. The van der Waals surface area contributed by atoms with Gasteiger partial charge < -0.3 is 14.5 Å². The second-order valence-electron chi connectivity index (χ2n) is 9.17. The number of allylic oxidation sites excluding steroid dienone is 3. The van der Waals surface area contributed by atoms with Crippen molar-refractivity contribution in [3.63, 3.8) is 0 Å². The number of carbonyl (C=O) groups excluding carboxylic acids is 3. The Bertz CT molecular complexity index is 829. The number of rotatable bonds is 7. The van der Waals surface area contributed by atoms with Gasteiger partial charge in [-0.1, -0.05) is 30.3 Å². The highest BCUT2D eigenvalue weighted by Gasteiger charge is 2.27. The van der Waals surface area contributed by atoms with Crippen LogP contribution in [0.15, 0.2) is 48.2 Å². The van der Waals surface area contributed by atoms with Gasteiger partial charge in [-0.3, -0.25) is 9.69 Å². The summed E-state index contributed by atoms with van der Waals surface area (Å²) in [5, 5.41) is 0. The third-order valence-electron chi connectivity index (χ3n) is 7.26. The van der Waals surface area contributed by atoms with Crippen LogP contribution in [0.2, 0.25) is 0 Å². The fourth-order valence-corrected chi connectivity index (χ4v) is 5.26. The normalized spacial score (nSPS) is 29.3. The SMILES string of the molecule is O=Cc1ccc(C2CCC(CN3CCN(C4=CC(C=O)C(C=O)C=C4)CC3)CC2)cc1. The molecule has 0 bridgehead atoms. The molecule has 31 heavy (non-hydrogen) atoms. The van der Waals surface area contributed by atoms with Gasteiger partial charge in [0.15, 0.2) is 0 Å². The molecule has 2 unspecified atom stereocenters. The minimum Gasteiger partial charge on any atom is -0.369 e. The predicted molar refractivity (Wildman–Crippen MR) is 121 cm³/mol. The Labute approximate surface area is 184 Å². The van der Waals surface area contributed by atoms with E-state index in [9.17, 15) is 14.4 Å². The van der Waals surface area contributed by atoms with Gasteiger partial charge in [-0.15, -0.1) is 0 Å². The Balaban J connectivity index is 1.22. The van der Waals surface area contributed by atoms with Crippen LogP contribution in [0.3, 0.4) is 0 Å². The fraction of sp³-hybridized carbons (Fsp3) is 0.500. The van der Waals surface area contributed by atoms with Crippen LogP contribution in [0.5, 0.6) is 0 Å². The molecule has 1 saturated heterocycles. The summed E-state index contributed by atoms with van der Waals surface area (Å²) in [6.07, 6.45) is 13.4. The lowest BCUT2D eigenvalue weighted by molar-refractivity contribution is -0.116. The van der Waals surface area contributed by atoms with E-state index in [2.05, 4.69) is 21.9 Å². The van der Waals surface area contributed by atoms with Gasteiger partial charge in [0.2, 0.25) is 0 Å². The van der Waals surface area contributed by atoms with Crippen LogP contribution in [0.25, 0.3) is 0 Å². The fourth-order valence-electron chi connectivity index (χ4n) is 5.26. The maximum absolute atomic E-state index is 11.3. The number of hydrogen-bond acceptors (Lipinski definition) is 5. The Morgan fingerprint density at radius 1 is 0.839 bits per heavy atom. The van der Waals surface area contributed by atoms with Gasteiger partial charge in [-0.25, -0.2) is 0 Å². The van der Waals surface area contributed by atoms with Gasteiger partial charge in [0.1, 0.15) is 18.9 Å². The molecular formula is C26H32N2O3. The van der Waals surface area contributed by atoms with E-state index in [-0.39, 0.29) is 11.8 Å². The molecule has 0 radical (unpaired) electrons. The Hall–Kier alpha value is -2.53. The molecule has 2 fully saturated rings. The van der Waals surface area contributed by atoms with Crippen LogP contribution < -0.4 is 0 Å². The molecule has 1 saturated carbocycles. The van der Waals surface area contributed by atoms with Crippen LogP contribution in [0.4, 0.5) is 0 Å². The predicted octanol–water partition coefficient (Wildman–Crippen LogP) is 3.47. The molecule has 0 spiro atoms. The molecule has 1 aliphatic heterocycles. The lowest BCUT2D eigenvalue weighted by atomic mass is 9.78. The number of hydrogen-bond donors (Lipinski definition) is 0. The first-order valence-electron chi connectivity index (χ1n) is 11.5. The maximum Gasteiger partial charge on any atom is 0.150 e. The highest BCUT2D eigenvalue weighted by molar-refractivity contribution is 5.74. The molecule has 0 aromatic heterocycles. The molecule has 1 aromatic rings. The van der Waals surface area contributed by atoms with Crippen LogP contribution in [0.1, 0.15) is 47.5 Å². The molecular weight excluding hydrogens is 388 g/mol. The van der Waals surface area contributed by atoms with Crippen molar-refractivity contribution in [2.45, 2.75) is 31.6 Å². The second kappa shape index (κ2) is 10.2. The molecule has 5 nitrogen and oxygen atoms in total. The lowest BCUT2D eigenvalue weighted by Gasteiger charge is -2.40. The van der Waals surface area contributed by atoms with E-state index in [4.69, 9.17) is 0 Å². The Morgan fingerprint density at radius 2 is 1.52 bits per heavy atom. The van der Waals surface area contributed by atoms with E-state index in [0.29, 0.717) is 5.92 Å². The van der Waals surface area contributed by atoms with E-state index in [1.165, 1.54) is 37.8 Å². The molecule has 1 aromatic carbocycles. The van der Waals surface area contributed by atoms with E-state index in [1.807, 2.05) is 30.4 Å². The summed E-state index contributed by atoms with van der Waals surface area (Å²) in [4.78, 5) is 38.2. The Kier molecular flexibility index (Phi) is 7.13. The first-order chi connectivity index (χ1) is 15.2. The smallest absolute Gasteiger partial charge is 0.150 e. The average molecular weight is 421 g/mol. The quantitative estimate of drug-likeness (QED) is 0.632. The van der Waals surface area contributed by atoms with Crippen molar-refractivity contribution in [2.75, 3.05) is 32.7 Å². The van der Waals surface area contributed by atoms with Crippen LogP contribution in [-0.4, -0.2) is 61.4 Å². The second-order valence-corrected chi connectivity index (χ2v) is 9.17. The van der Waals surface area contributed by atoms with Crippen molar-refractivity contribution in [1.82, 2.24) is 9.80 Å². The number of piperazine rings is 1. The molecule has 2 atom stereocenters. The monoisotopic (exact) mass is 420 g/mol. The van der Waals surface area contributed by atoms with Crippen molar-refractivity contribution in [2.24, 2.45) is 17.8 Å². The third kappa shape index (κ3) is 5.21. The Morgan fingerprint density at radius 3 is 2.13 bits per heavy atom. The van der Waals surface area contributed by atoms with Gasteiger partial charge in [-0.2, -0.15) is 0 Å². The standard InChI is InChI=1S/C26H32N2O3/c29-17-21-3-7-23(8-4-21)22-5-1-20(2-6-22)16-27-11-13-28(14-12-27)26-10-9-24(18-30)25(15-26)19-31/h3-4,7-10,15,17-20,22,24-25H,1-2,5-6,11-14,16H2. The first kappa shape index (κ1) is 21.7. The molecule has 0 N–H and O–H groups in total. The molecule has 2 aliphatic carbocycles. The van der Waals surface area contributed by atoms with Crippen LogP contribution in [-0.2, 0) is 9.59 Å². The van der Waals surface area contributed by atoms with Gasteiger partial charge in [0.25, 0.3) is 0 Å². The summed E-state index contributed by atoms with van der Waals surface area (Å²) in [6.45, 7) is 5.18. The zero-order valence-corrected chi connectivity index (χ0v) is 18.1. The van der Waals surface area contributed by atoms with Crippen molar-refractivity contribution in [3.8, 4) is 0 Å². The van der Waals surface area contributed by atoms with Crippen molar-refractivity contribution >= 4 is 18.9 Å². The summed E-state index contributed by atoms with van der Waals surface area (Å²) in [5.74, 6) is 0.736. The number of benzene rings is 1. The lowest BCUT2D eigenvalue weighted by Crippen LogP contribution is -2.47. The largest absolute Gasteiger partial charge is 0.369 e. The molecule has 5 heteroatoms. The molecule has 3 aliphatic rings. The molecule has 0 amide bonds. The summed E-state index contributed by atoms with van der Waals surface area (Å²) >= 11 is 0. The number of carbonyl (C=O) groups is 3. The minimum atomic E-state index is -0.333. The van der Waals surface area contributed by atoms with Gasteiger partial charge in [0, 0.05) is 55.8 Å². The van der Waals surface area contributed by atoms with E-state index in [1.54, 1.807) is 0 Å². The summed E-state index contributed by atoms with van der Waals surface area (Å²) in [5.41, 5.74) is 3.20. The van der Waals surface area contributed by atoms with Gasteiger partial charge in [-0.05, 0) is 55.2 Å². The highest BCUT2D eigenvalue weighted by atomic mass is 16.1. The van der Waals surface area contributed by atoms with Crippen molar-refractivity contribution in [1.29, 1.82) is 0 Å². The maximum atomic E-state index is 11.3. The summed E-state index contributed by atoms with van der Waals surface area (Å²) in [6, 6.07) is 8.10. The number of aldehydes is 3. The van der Waals surface area contributed by atoms with Crippen LogP contribution >= 0.6 is 0 Å². The first-order valence-corrected chi connectivity index (χ1v) is 11.5. The van der Waals surface area contributed by atoms with Gasteiger partial charge >= 0.3 is 0 Å². The van der Waals surface area contributed by atoms with E-state index < -0.39 is 0 Å². The molecule has 1 heterocycles. The topological polar surface area (TPSA) is 57.7 Å². The van der Waals surface area contributed by atoms with Crippen molar-refractivity contribution < 1.29 is 14.4 Å².